The normalized spacial score (nSPS) is 13.3. The number of benzene rings is 8. The first-order chi connectivity index (χ1) is 24.1. The minimum absolute atomic E-state index is 0.0370. The van der Waals surface area contributed by atoms with Gasteiger partial charge in [-0.3, -0.25) is 0 Å². The summed E-state index contributed by atoms with van der Waals surface area (Å²) in [6.45, 7) is 4.71. The van der Waals surface area contributed by atoms with Crippen molar-refractivity contribution in [1.29, 1.82) is 0 Å². The van der Waals surface area contributed by atoms with E-state index in [0.29, 0.717) is 0 Å². The molecule has 1 aliphatic rings. The number of nitrogens with zero attached hydrogens (tertiary/aromatic N) is 1. The number of hydrogen-bond donors (Lipinski definition) is 0. The monoisotopic (exact) mass is 691 g/mol. The van der Waals surface area contributed by atoms with Crippen LogP contribution in [0.2, 0.25) is 0 Å². The van der Waals surface area contributed by atoms with Gasteiger partial charge in [-0.15, -0.1) is 0 Å². The van der Waals surface area contributed by atoms with E-state index in [0.717, 1.165) is 5.69 Å². The standard InChI is InChI=1S/C47H33NSe/c1-47(2)41-16-8-6-13-35(41)40-29-34(25-28-42(40)47)48(33-23-19-31(20-24-33)30-11-4-3-5-12-30)43-17-10-15-38-36(43)26-21-32-22-27-39-37-14-7-9-18-44(37)49-46(39)45(32)38/h3-29H,1-2H3. The van der Waals surface area contributed by atoms with Gasteiger partial charge in [-0.1, -0.05) is 24.3 Å². The van der Waals surface area contributed by atoms with Crippen molar-refractivity contribution in [3.05, 3.63) is 175 Å². The topological polar surface area (TPSA) is 3.24 Å². The summed E-state index contributed by atoms with van der Waals surface area (Å²) >= 11 is 0.267. The summed E-state index contributed by atoms with van der Waals surface area (Å²) in [6.07, 6.45) is 0. The zero-order valence-electron chi connectivity index (χ0n) is 27.4. The van der Waals surface area contributed by atoms with Crippen LogP contribution in [0.25, 0.3) is 63.1 Å². The van der Waals surface area contributed by atoms with Gasteiger partial charge in [0.15, 0.2) is 0 Å². The Hall–Kier alpha value is -5.40. The van der Waals surface area contributed by atoms with Gasteiger partial charge in [0.2, 0.25) is 0 Å². The van der Waals surface area contributed by atoms with Crippen LogP contribution in [-0.2, 0) is 5.41 Å². The van der Waals surface area contributed by atoms with Gasteiger partial charge in [0.05, 0.1) is 0 Å². The number of anilines is 3. The fourth-order valence-corrected chi connectivity index (χ4v) is 10.9. The molecule has 0 aliphatic heterocycles. The Kier molecular flexibility index (Phi) is 6.31. The van der Waals surface area contributed by atoms with Crippen molar-refractivity contribution in [2.24, 2.45) is 0 Å². The molecule has 1 aliphatic carbocycles. The molecule has 1 nitrogen and oxygen atoms in total. The second-order valence-corrected chi connectivity index (χ2v) is 15.9. The third kappa shape index (κ3) is 4.31. The van der Waals surface area contributed by atoms with Gasteiger partial charge in [0.25, 0.3) is 0 Å². The predicted octanol–water partition coefficient (Wildman–Crippen LogP) is 12.8. The van der Waals surface area contributed by atoms with E-state index in [-0.39, 0.29) is 19.9 Å². The Bertz CT molecular complexity index is 2730. The maximum absolute atomic E-state index is 2.47. The predicted molar refractivity (Wildman–Crippen MR) is 211 cm³/mol. The van der Waals surface area contributed by atoms with Crippen LogP contribution in [0.1, 0.15) is 25.0 Å². The second kappa shape index (κ2) is 10.8. The second-order valence-electron chi connectivity index (χ2n) is 13.7. The molecule has 0 amide bonds. The van der Waals surface area contributed by atoms with Gasteiger partial charge in [-0.2, -0.15) is 0 Å². The summed E-state index contributed by atoms with van der Waals surface area (Å²) in [5.41, 5.74) is 11.4. The Morgan fingerprint density at radius 3 is 2.00 bits per heavy atom. The van der Waals surface area contributed by atoms with Gasteiger partial charge >= 0.3 is 269 Å². The molecule has 0 saturated carbocycles. The molecule has 0 radical (unpaired) electrons. The molecule has 0 fully saturated rings. The van der Waals surface area contributed by atoms with Crippen LogP contribution >= 0.6 is 0 Å². The quantitative estimate of drug-likeness (QED) is 0.131. The van der Waals surface area contributed by atoms with Gasteiger partial charge in [0.1, 0.15) is 0 Å². The third-order valence-corrected chi connectivity index (χ3v) is 13.2. The van der Waals surface area contributed by atoms with Crippen LogP contribution < -0.4 is 4.90 Å². The van der Waals surface area contributed by atoms with E-state index in [1.54, 1.807) is 0 Å². The van der Waals surface area contributed by atoms with E-state index < -0.39 is 0 Å². The molecule has 8 aromatic carbocycles. The van der Waals surface area contributed by atoms with Crippen molar-refractivity contribution in [3.63, 3.8) is 0 Å². The number of hydrogen-bond acceptors (Lipinski definition) is 1. The third-order valence-electron chi connectivity index (χ3n) is 10.7. The van der Waals surface area contributed by atoms with Gasteiger partial charge in [0, 0.05) is 0 Å². The van der Waals surface area contributed by atoms with Crippen LogP contribution in [0.15, 0.2) is 164 Å². The van der Waals surface area contributed by atoms with Crippen LogP contribution in [0, 0.1) is 0 Å². The van der Waals surface area contributed by atoms with E-state index in [2.05, 4.69) is 183 Å². The first-order valence-corrected chi connectivity index (χ1v) is 18.7. The summed E-state index contributed by atoms with van der Waals surface area (Å²) in [7, 11) is 0. The molecule has 0 N–H and O–H groups in total. The summed E-state index contributed by atoms with van der Waals surface area (Å²) in [4.78, 5) is 2.47. The average molecular weight is 691 g/mol. The molecule has 0 saturated heterocycles. The average Bonchev–Trinajstić information content (AvgIpc) is 3.64. The van der Waals surface area contributed by atoms with Gasteiger partial charge in [-0.05, 0) is 0 Å². The van der Waals surface area contributed by atoms with E-state index in [1.807, 2.05) is 0 Å². The SMILES string of the molecule is CC1(C)c2ccccc2-c2cc(N(c3ccc(-c4ccccc4)cc3)c3cccc4c3ccc3ccc5c6ccccc6[se]c5c34)ccc21. The van der Waals surface area contributed by atoms with Crippen molar-refractivity contribution in [2.45, 2.75) is 19.3 Å². The van der Waals surface area contributed by atoms with Crippen LogP contribution in [-0.4, -0.2) is 14.5 Å². The maximum atomic E-state index is 2.47. The molecule has 0 spiro atoms. The minimum atomic E-state index is -0.0370. The van der Waals surface area contributed by atoms with Crippen LogP contribution in [0.4, 0.5) is 17.1 Å². The van der Waals surface area contributed by atoms with Crippen molar-refractivity contribution in [3.8, 4) is 22.3 Å². The van der Waals surface area contributed by atoms with Crippen molar-refractivity contribution in [2.75, 3.05) is 4.90 Å². The fraction of sp³-hybridized carbons (Fsp3) is 0.0638. The van der Waals surface area contributed by atoms with Crippen LogP contribution in [0.3, 0.4) is 0 Å². The zero-order chi connectivity index (χ0) is 32.7. The molecule has 49 heavy (non-hydrogen) atoms. The molecule has 1 heterocycles. The van der Waals surface area contributed by atoms with E-state index in [4.69, 9.17) is 0 Å². The van der Waals surface area contributed by atoms with Crippen LogP contribution in [0.5, 0.6) is 0 Å². The molecule has 2 heteroatoms. The first-order valence-electron chi connectivity index (χ1n) is 17.0. The summed E-state index contributed by atoms with van der Waals surface area (Å²) in [5.74, 6) is 0. The van der Waals surface area contributed by atoms with Crippen molar-refractivity contribution in [1.82, 2.24) is 0 Å². The molecular weight excluding hydrogens is 657 g/mol. The van der Waals surface area contributed by atoms with E-state index in [1.165, 1.54) is 85.6 Å². The summed E-state index contributed by atoms with van der Waals surface area (Å²) < 4.78 is 2.98. The van der Waals surface area contributed by atoms with E-state index in [9.17, 15) is 0 Å². The molecule has 10 rings (SSSR count). The number of fused-ring (bicyclic) bond motifs is 10. The Balaban J connectivity index is 1.23. The molecule has 0 bridgehead atoms. The summed E-state index contributed by atoms with van der Waals surface area (Å²) in [5, 5.41) is 8.09. The van der Waals surface area contributed by atoms with E-state index >= 15 is 0 Å². The fourth-order valence-electron chi connectivity index (χ4n) is 8.24. The molecule has 9 aromatic rings. The zero-order valence-corrected chi connectivity index (χ0v) is 29.2. The molecule has 0 atom stereocenters. The Morgan fingerprint density at radius 1 is 0.469 bits per heavy atom. The van der Waals surface area contributed by atoms with Gasteiger partial charge < -0.3 is 0 Å². The van der Waals surface area contributed by atoms with Gasteiger partial charge in [-0.25, -0.2) is 0 Å². The summed E-state index contributed by atoms with van der Waals surface area (Å²) in [6, 6.07) is 60.9. The van der Waals surface area contributed by atoms with Crippen molar-refractivity contribution < 1.29 is 0 Å². The molecular formula is C47H33NSe. The number of rotatable bonds is 4. The Morgan fingerprint density at radius 2 is 1.14 bits per heavy atom. The molecule has 232 valence electrons. The molecule has 0 unspecified atom stereocenters. The molecule has 1 aromatic heterocycles. The van der Waals surface area contributed by atoms with Crippen molar-refractivity contribution >= 4 is 72.4 Å². The first kappa shape index (κ1) is 28.6. The Labute approximate surface area is 292 Å².